The summed E-state index contributed by atoms with van der Waals surface area (Å²) >= 11 is 1.48. The van der Waals surface area contributed by atoms with Crippen molar-refractivity contribution in [2.45, 2.75) is 5.25 Å². The molecule has 0 spiro atoms. The van der Waals surface area contributed by atoms with Crippen LogP contribution in [0.2, 0.25) is 0 Å². The minimum atomic E-state index is -0.667. The van der Waals surface area contributed by atoms with E-state index in [1.54, 1.807) is 0 Å². The molecule has 0 saturated carbocycles. The molecular weight excluding hydrogens is 100 g/mol. The second kappa shape index (κ2) is 1.15. The summed E-state index contributed by atoms with van der Waals surface area (Å²) in [5, 5.41) is 7.97. The molecule has 0 aliphatic carbocycles. The minimum Gasteiger partial charge on any atom is -0.480 e. The average Bonchev–Trinajstić information content (AvgIpc) is 2.06. The summed E-state index contributed by atoms with van der Waals surface area (Å²) < 4.78 is 0. The van der Waals surface area contributed by atoms with Gasteiger partial charge in [-0.15, -0.1) is 11.8 Å². The monoisotopic (exact) mass is 104 g/mol. The van der Waals surface area contributed by atoms with Crippen LogP contribution in [0.4, 0.5) is 0 Å². The molecule has 0 aromatic rings. The number of hydrogen-bond acceptors (Lipinski definition) is 2. The van der Waals surface area contributed by atoms with Gasteiger partial charge in [-0.2, -0.15) is 0 Å². The van der Waals surface area contributed by atoms with Crippen molar-refractivity contribution < 1.29 is 9.90 Å². The number of carbonyl (C=O) groups is 1. The molecule has 0 aromatic heterocycles. The molecule has 0 bridgehead atoms. The van der Waals surface area contributed by atoms with Gasteiger partial charge >= 0.3 is 5.97 Å². The molecule has 1 saturated heterocycles. The molecule has 1 heterocycles. The fourth-order valence-electron chi connectivity index (χ4n) is 0.191. The SMILES string of the molecule is O=C(O)[C@@H]1CS1. The Morgan fingerprint density at radius 1 is 2.00 bits per heavy atom. The van der Waals surface area contributed by atoms with E-state index < -0.39 is 5.97 Å². The van der Waals surface area contributed by atoms with E-state index in [2.05, 4.69) is 0 Å². The predicted molar refractivity (Wildman–Crippen MR) is 23.9 cm³/mol. The highest BCUT2D eigenvalue weighted by molar-refractivity contribution is 8.07. The number of carboxylic acid groups (broad SMARTS) is 1. The van der Waals surface area contributed by atoms with Crippen LogP contribution in [0.15, 0.2) is 0 Å². The van der Waals surface area contributed by atoms with Crippen molar-refractivity contribution in [2.75, 3.05) is 5.75 Å². The zero-order valence-electron chi connectivity index (χ0n) is 3.05. The summed E-state index contributed by atoms with van der Waals surface area (Å²) in [6, 6.07) is 0. The molecule has 0 aromatic carbocycles. The molecule has 0 radical (unpaired) electrons. The van der Waals surface area contributed by atoms with E-state index >= 15 is 0 Å². The van der Waals surface area contributed by atoms with Crippen molar-refractivity contribution in [2.24, 2.45) is 0 Å². The van der Waals surface area contributed by atoms with E-state index in [0.717, 1.165) is 5.75 Å². The van der Waals surface area contributed by atoms with Crippen LogP contribution in [0.25, 0.3) is 0 Å². The zero-order chi connectivity index (χ0) is 4.57. The molecule has 1 aliphatic heterocycles. The van der Waals surface area contributed by atoms with E-state index in [1.807, 2.05) is 0 Å². The van der Waals surface area contributed by atoms with Crippen LogP contribution in [-0.4, -0.2) is 22.1 Å². The Morgan fingerprint density at radius 3 is 2.50 bits per heavy atom. The van der Waals surface area contributed by atoms with Crippen LogP contribution >= 0.6 is 11.8 Å². The summed E-state index contributed by atoms with van der Waals surface area (Å²) in [5.74, 6) is 0.148. The van der Waals surface area contributed by atoms with Gasteiger partial charge in [-0.25, -0.2) is 0 Å². The maximum absolute atomic E-state index is 9.74. The van der Waals surface area contributed by atoms with E-state index in [1.165, 1.54) is 11.8 Å². The lowest BCUT2D eigenvalue weighted by molar-refractivity contribution is -0.135. The molecule has 1 fully saturated rings. The van der Waals surface area contributed by atoms with Gasteiger partial charge in [-0.05, 0) is 0 Å². The average molecular weight is 104 g/mol. The molecule has 1 rings (SSSR count). The van der Waals surface area contributed by atoms with E-state index in [9.17, 15) is 4.79 Å². The molecular formula is C3H4O2S. The second-order valence-corrected chi connectivity index (χ2v) is 2.40. The summed E-state index contributed by atoms with van der Waals surface area (Å²) in [6.07, 6.45) is 0. The van der Waals surface area contributed by atoms with Crippen LogP contribution in [-0.2, 0) is 4.79 Å². The standard InChI is InChI=1S/C3H4O2S/c4-3(5)2-1-6-2/h2H,1H2,(H,4,5)/t2-/m0/s1. The first kappa shape index (κ1) is 3.99. The quantitative estimate of drug-likeness (QED) is 0.482. The summed E-state index contributed by atoms with van der Waals surface area (Å²) in [5.41, 5.74) is 0. The van der Waals surface area contributed by atoms with Gasteiger partial charge in [-0.1, -0.05) is 0 Å². The van der Waals surface area contributed by atoms with Crippen LogP contribution < -0.4 is 0 Å². The largest absolute Gasteiger partial charge is 0.480 e. The summed E-state index contributed by atoms with van der Waals surface area (Å²) in [6.45, 7) is 0. The first-order valence-corrected chi connectivity index (χ1v) is 2.70. The third-order valence-electron chi connectivity index (χ3n) is 0.609. The van der Waals surface area contributed by atoms with Gasteiger partial charge in [-0.3, -0.25) is 4.79 Å². The minimum absolute atomic E-state index is 0.0648. The van der Waals surface area contributed by atoms with E-state index in [4.69, 9.17) is 5.11 Å². The van der Waals surface area contributed by atoms with Crippen molar-refractivity contribution in [3.63, 3.8) is 0 Å². The Balaban J connectivity index is 2.31. The molecule has 1 atom stereocenters. The topological polar surface area (TPSA) is 37.3 Å². The van der Waals surface area contributed by atoms with Crippen molar-refractivity contribution >= 4 is 17.7 Å². The van der Waals surface area contributed by atoms with Gasteiger partial charge in [0.1, 0.15) is 5.25 Å². The Kier molecular flexibility index (Phi) is 0.765. The normalized spacial score (nSPS) is 29.7. The smallest absolute Gasteiger partial charge is 0.317 e. The number of carboxylic acids is 1. The number of aliphatic carboxylic acids is 1. The van der Waals surface area contributed by atoms with Crippen molar-refractivity contribution in [3.8, 4) is 0 Å². The lowest BCUT2D eigenvalue weighted by atomic mass is 10.5. The second-order valence-electron chi connectivity index (χ2n) is 1.16. The van der Waals surface area contributed by atoms with Crippen LogP contribution in [0.3, 0.4) is 0 Å². The summed E-state index contributed by atoms with van der Waals surface area (Å²) in [7, 11) is 0. The Hall–Kier alpha value is -0.180. The van der Waals surface area contributed by atoms with Gasteiger partial charge in [0.2, 0.25) is 0 Å². The molecule has 1 aliphatic rings. The maximum Gasteiger partial charge on any atom is 0.317 e. The first-order valence-electron chi connectivity index (χ1n) is 1.65. The molecule has 34 valence electrons. The van der Waals surface area contributed by atoms with E-state index in [-0.39, 0.29) is 5.25 Å². The third-order valence-corrected chi connectivity index (χ3v) is 1.48. The van der Waals surface area contributed by atoms with Crippen LogP contribution in [0.5, 0.6) is 0 Å². The van der Waals surface area contributed by atoms with Crippen molar-refractivity contribution in [1.29, 1.82) is 0 Å². The fourth-order valence-corrected chi connectivity index (χ4v) is 0.572. The zero-order valence-corrected chi connectivity index (χ0v) is 3.86. The molecule has 6 heavy (non-hydrogen) atoms. The first-order chi connectivity index (χ1) is 2.80. The molecule has 3 heteroatoms. The van der Waals surface area contributed by atoms with Crippen LogP contribution in [0, 0.1) is 0 Å². The third kappa shape index (κ3) is 0.653. The number of rotatable bonds is 1. The predicted octanol–water partition coefficient (Wildman–Crippen LogP) is 0.186. The highest BCUT2D eigenvalue weighted by atomic mass is 32.2. The Morgan fingerprint density at radius 2 is 2.50 bits per heavy atom. The Labute approximate surface area is 39.5 Å². The lowest BCUT2D eigenvalue weighted by Crippen LogP contribution is -2.00. The van der Waals surface area contributed by atoms with Gasteiger partial charge in [0.15, 0.2) is 0 Å². The van der Waals surface area contributed by atoms with Gasteiger partial charge < -0.3 is 5.11 Å². The number of hydrogen-bond donors (Lipinski definition) is 1. The van der Waals surface area contributed by atoms with Gasteiger partial charge in [0.25, 0.3) is 0 Å². The van der Waals surface area contributed by atoms with Crippen LogP contribution in [0.1, 0.15) is 0 Å². The molecule has 0 amide bonds. The van der Waals surface area contributed by atoms with Crippen molar-refractivity contribution in [3.05, 3.63) is 0 Å². The maximum atomic E-state index is 9.74. The lowest BCUT2D eigenvalue weighted by Gasteiger charge is -1.73. The molecule has 0 unspecified atom stereocenters. The number of thioether (sulfide) groups is 1. The molecule has 1 N–H and O–H groups in total. The van der Waals surface area contributed by atoms with Crippen molar-refractivity contribution in [1.82, 2.24) is 0 Å². The van der Waals surface area contributed by atoms with E-state index in [0.29, 0.717) is 0 Å². The molecule has 2 nitrogen and oxygen atoms in total. The fraction of sp³-hybridized carbons (Fsp3) is 0.667. The Bertz CT molecular complexity index is 76.9. The van der Waals surface area contributed by atoms with Gasteiger partial charge in [0.05, 0.1) is 0 Å². The summed E-state index contributed by atoms with van der Waals surface area (Å²) in [4.78, 5) is 9.74. The highest BCUT2D eigenvalue weighted by Gasteiger charge is 2.29. The highest BCUT2D eigenvalue weighted by Crippen LogP contribution is 2.29. The van der Waals surface area contributed by atoms with Gasteiger partial charge in [0, 0.05) is 5.75 Å².